The van der Waals surface area contributed by atoms with Crippen LogP contribution in [0, 0.1) is 10.1 Å². The van der Waals surface area contributed by atoms with E-state index < -0.39 is 26.2 Å². The highest BCUT2D eigenvalue weighted by atomic mass is 32.2. The summed E-state index contributed by atoms with van der Waals surface area (Å²) in [5.41, 5.74) is -1.35. The molecular formula is C12H13N3O6S. The first-order chi connectivity index (χ1) is 10.2. The quantitative estimate of drug-likeness (QED) is 0.588. The standard InChI is InChI=1S/C12H13N3O6S/c1-13(2)22(19,20)11-6-5-9(21-11)8-14-7-3-4-10(12(14)16)15(17)18/h3-7H,8H2,1-2H3. The molecule has 0 aliphatic carbocycles. The number of sulfonamides is 1. The Balaban J connectivity index is 2.35. The van der Waals surface area contributed by atoms with Gasteiger partial charge in [0.25, 0.3) is 10.0 Å². The van der Waals surface area contributed by atoms with E-state index in [2.05, 4.69) is 0 Å². The molecule has 0 atom stereocenters. The Labute approximate surface area is 125 Å². The van der Waals surface area contributed by atoms with Crippen LogP contribution in [0.4, 0.5) is 5.69 Å². The van der Waals surface area contributed by atoms with Crippen LogP contribution in [-0.4, -0.2) is 36.3 Å². The van der Waals surface area contributed by atoms with Gasteiger partial charge in [0.2, 0.25) is 5.09 Å². The molecule has 0 radical (unpaired) electrons. The molecule has 9 nitrogen and oxygen atoms in total. The summed E-state index contributed by atoms with van der Waals surface area (Å²) in [4.78, 5) is 21.8. The van der Waals surface area contributed by atoms with Crippen molar-refractivity contribution in [1.82, 2.24) is 8.87 Å². The molecule has 2 aromatic rings. The summed E-state index contributed by atoms with van der Waals surface area (Å²) in [5.74, 6) is 0.197. The topological polar surface area (TPSA) is 116 Å². The van der Waals surface area contributed by atoms with Gasteiger partial charge in [-0.1, -0.05) is 0 Å². The predicted molar refractivity (Wildman–Crippen MR) is 76.0 cm³/mol. The lowest BCUT2D eigenvalue weighted by molar-refractivity contribution is -0.386. The minimum atomic E-state index is -3.71. The molecule has 2 aromatic heterocycles. The van der Waals surface area contributed by atoms with E-state index >= 15 is 0 Å². The second kappa shape index (κ2) is 5.73. The smallest absolute Gasteiger partial charge is 0.334 e. The average molecular weight is 327 g/mol. The zero-order valence-corrected chi connectivity index (χ0v) is 12.6. The van der Waals surface area contributed by atoms with Crippen molar-refractivity contribution in [2.45, 2.75) is 11.6 Å². The van der Waals surface area contributed by atoms with Crippen LogP contribution < -0.4 is 5.56 Å². The zero-order chi connectivity index (χ0) is 16.5. The molecule has 0 aliphatic rings. The van der Waals surface area contributed by atoms with Crippen molar-refractivity contribution in [3.05, 3.63) is 56.7 Å². The van der Waals surface area contributed by atoms with Gasteiger partial charge in [-0.3, -0.25) is 14.9 Å². The van der Waals surface area contributed by atoms with Crippen LogP contribution in [-0.2, 0) is 16.6 Å². The van der Waals surface area contributed by atoms with E-state index in [0.717, 1.165) is 14.9 Å². The van der Waals surface area contributed by atoms with Crippen LogP contribution in [0.2, 0.25) is 0 Å². The summed E-state index contributed by atoms with van der Waals surface area (Å²) in [6, 6.07) is 5.14. The summed E-state index contributed by atoms with van der Waals surface area (Å²) in [6.07, 6.45) is 1.36. The Morgan fingerprint density at radius 1 is 1.32 bits per heavy atom. The van der Waals surface area contributed by atoms with Gasteiger partial charge in [0.1, 0.15) is 5.76 Å². The molecule has 0 bridgehead atoms. The number of nitrogens with zero attached hydrogens (tertiary/aromatic N) is 3. The largest absolute Gasteiger partial charge is 0.446 e. The van der Waals surface area contributed by atoms with Crippen molar-refractivity contribution in [2.24, 2.45) is 0 Å². The molecule has 0 fully saturated rings. The van der Waals surface area contributed by atoms with E-state index in [4.69, 9.17) is 4.42 Å². The maximum atomic E-state index is 11.9. The van der Waals surface area contributed by atoms with Crippen molar-refractivity contribution in [3.63, 3.8) is 0 Å². The number of furan rings is 1. The van der Waals surface area contributed by atoms with Crippen molar-refractivity contribution in [3.8, 4) is 0 Å². The van der Waals surface area contributed by atoms with E-state index in [0.29, 0.717) is 0 Å². The summed E-state index contributed by atoms with van der Waals surface area (Å²) in [5, 5.41) is 10.5. The molecule has 10 heteroatoms. The SMILES string of the molecule is CN(C)S(=O)(=O)c1ccc(Cn2cccc([N+](=O)[O-])c2=O)o1. The summed E-state index contributed by atoms with van der Waals surface area (Å²) in [7, 11) is -0.982. The number of hydrogen-bond donors (Lipinski definition) is 0. The fourth-order valence-electron chi connectivity index (χ4n) is 1.72. The molecule has 0 unspecified atom stereocenters. The minimum Gasteiger partial charge on any atom is -0.446 e. The van der Waals surface area contributed by atoms with E-state index in [1.165, 1.54) is 38.5 Å². The van der Waals surface area contributed by atoms with Crippen LogP contribution in [0.25, 0.3) is 0 Å². The van der Waals surface area contributed by atoms with Crippen molar-refractivity contribution < 1.29 is 17.8 Å². The predicted octanol–water partition coefficient (Wildman–Crippen LogP) is 0.648. The maximum Gasteiger partial charge on any atom is 0.334 e. The highest BCUT2D eigenvalue weighted by Crippen LogP contribution is 2.17. The molecule has 0 spiro atoms. The third-order valence-corrected chi connectivity index (χ3v) is 4.58. The Morgan fingerprint density at radius 2 is 2.00 bits per heavy atom. The molecule has 0 saturated heterocycles. The first kappa shape index (κ1) is 15.9. The summed E-state index contributed by atoms with van der Waals surface area (Å²) >= 11 is 0. The van der Waals surface area contributed by atoms with Gasteiger partial charge >= 0.3 is 11.2 Å². The molecule has 0 N–H and O–H groups in total. The zero-order valence-electron chi connectivity index (χ0n) is 11.8. The molecule has 0 aromatic carbocycles. The average Bonchev–Trinajstić information content (AvgIpc) is 2.90. The maximum absolute atomic E-state index is 11.9. The monoisotopic (exact) mass is 327 g/mol. The number of pyridine rings is 1. The van der Waals surface area contributed by atoms with E-state index in [9.17, 15) is 23.3 Å². The minimum absolute atomic E-state index is 0.108. The van der Waals surface area contributed by atoms with Crippen molar-refractivity contribution >= 4 is 15.7 Å². The van der Waals surface area contributed by atoms with Crippen molar-refractivity contribution in [2.75, 3.05) is 14.1 Å². The van der Waals surface area contributed by atoms with E-state index in [-0.39, 0.29) is 17.4 Å². The van der Waals surface area contributed by atoms with Gasteiger partial charge in [-0.2, -0.15) is 0 Å². The third kappa shape index (κ3) is 2.92. The Bertz CT molecular complexity index is 865. The molecule has 0 aliphatic heterocycles. The highest BCUT2D eigenvalue weighted by Gasteiger charge is 2.22. The Morgan fingerprint density at radius 3 is 2.59 bits per heavy atom. The van der Waals surface area contributed by atoms with Crippen LogP contribution in [0.5, 0.6) is 0 Å². The lowest BCUT2D eigenvalue weighted by Gasteiger charge is -2.08. The van der Waals surface area contributed by atoms with Crippen LogP contribution in [0.15, 0.2) is 44.8 Å². The lowest BCUT2D eigenvalue weighted by atomic mass is 10.4. The van der Waals surface area contributed by atoms with E-state index in [1.807, 2.05) is 0 Å². The number of aromatic nitrogens is 1. The van der Waals surface area contributed by atoms with E-state index in [1.54, 1.807) is 0 Å². The van der Waals surface area contributed by atoms with Gasteiger partial charge in [-0.25, -0.2) is 12.7 Å². The first-order valence-corrected chi connectivity index (χ1v) is 7.52. The lowest BCUT2D eigenvalue weighted by Crippen LogP contribution is -2.22. The summed E-state index contributed by atoms with van der Waals surface area (Å²) < 4.78 is 31.0. The molecule has 22 heavy (non-hydrogen) atoms. The number of nitro groups is 1. The summed E-state index contributed by atoms with van der Waals surface area (Å²) in [6.45, 7) is -0.108. The highest BCUT2D eigenvalue weighted by molar-refractivity contribution is 7.88. The molecule has 118 valence electrons. The normalized spacial score (nSPS) is 11.8. The Kier molecular flexibility index (Phi) is 4.15. The van der Waals surface area contributed by atoms with Gasteiger partial charge in [0.05, 0.1) is 11.5 Å². The molecular weight excluding hydrogens is 314 g/mol. The van der Waals surface area contributed by atoms with Crippen LogP contribution in [0.1, 0.15) is 5.76 Å². The van der Waals surface area contributed by atoms with Crippen molar-refractivity contribution in [1.29, 1.82) is 0 Å². The van der Waals surface area contributed by atoms with Gasteiger partial charge in [0, 0.05) is 26.4 Å². The number of rotatable bonds is 5. The van der Waals surface area contributed by atoms with Crippen LogP contribution >= 0.6 is 0 Å². The third-order valence-electron chi connectivity index (χ3n) is 2.89. The van der Waals surface area contributed by atoms with Gasteiger partial charge < -0.3 is 8.98 Å². The Hall–Kier alpha value is -2.46. The molecule has 2 rings (SSSR count). The number of hydrogen-bond acceptors (Lipinski definition) is 6. The van der Waals surface area contributed by atoms with Gasteiger partial charge in [-0.05, 0) is 18.2 Å². The fraction of sp³-hybridized carbons (Fsp3) is 0.250. The van der Waals surface area contributed by atoms with Crippen LogP contribution in [0.3, 0.4) is 0 Å². The second-order valence-corrected chi connectivity index (χ2v) is 6.67. The second-order valence-electron chi connectivity index (χ2n) is 4.59. The van der Waals surface area contributed by atoms with Gasteiger partial charge in [-0.15, -0.1) is 0 Å². The molecule has 0 saturated carbocycles. The van der Waals surface area contributed by atoms with Gasteiger partial charge in [0.15, 0.2) is 0 Å². The molecule has 0 amide bonds. The molecule has 2 heterocycles. The first-order valence-electron chi connectivity index (χ1n) is 6.08. The fourth-order valence-corrected chi connectivity index (χ4v) is 2.53.